The van der Waals surface area contributed by atoms with Crippen LogP contribution >= 0.6 is 0 Å². The molecule has 0 aromatic heterocycles. The molecule has 7 heteroatoms. The quantitative estimate of drug-likeness (QED) is 0.657. The largest absolute Gasteiger partial charge is 0.378 e. The van der Waals surface area contributed by atoms with E-state index in [1.54, 1.807) is 17.0 Å². The summed E-state index contributed by atoms with van der Waals surface area (Å²) in [5, 5.41) is 14.7. The van der Waals surface area contributed by atoms with Crippen LogP contribution in [0, 0.1) is 10.1 Å². The van der Waals surface area contributed by atoms with E-state index in [-0.39, 0.29) is 17.6 Å². The molecule has 1 aliphatic heterocycles. The van der Waals surface area contributed by atoms with E-state index >= 15 is 0 Å². The number of carbonyl (C=O) groups is 1. The van der Waals surface area contributed by atoms with E-state index in [2.05, 4.69) is 5.32 Å². The number of rotatable bonds is 5. The molecule has 7 nitrogen and oxygen atoms in total. The summed E-state index contributed by atoms with van der Waals surface area (Å²) in [5.74, 6) is -0.209. The molecule has 1 N–H and O–H groups in total. The van der Waals surface area contributed by atoms with Crippen LogP contribution in [-0.4, -0.2) is 42.0 Å². The maximum atomic E-state index is 12.6. The Morgan fingerprint density at radius 2 is 1.88 bits per heavy atom. The van der Waals surface area contributed by atoms with Gasteiger partial charge in [-0.25, -0.2) is 0 Å². The third-order valence-electron chi connectivity index (χ3n) is 4.41. The van der Waals surface area contributed by atoms with Crippen molar-refractivity contribution in [1.82, 2.24) is 4.90 Å². The van der Waals surface area contributed by atoms with E-state index < -0.39 is 4.92 Å². The Morgan fingerprint density at radius 1 is 1.19 bits per heavy atom. The number of hydrogen-bond donors (Lipinski definition) is 1. The van der Waals surface area contributed by atoms with E-state index in [0.717, 1.165) is 5.56 Å². The average Bonchev–Trinajstić information content (AvgIpc) is 2.69. The lowest BCUT2D eigenvalue weighted by Gasteiger charge is -2.27. The van der Waals surface area contributed by atoms with E-state index in [1.165, 1.54) is 6.07 Å². The molecule has 0 saturated carbocycles. The van der Waals surface area contributed by atoms with Gasteiger partial charge in [0.2, 0.25) is 0 Å². The number of nitro groups is 1. The van der Waals surface area contributed by atoms with Crippen LogP contribution in [0.2, 0.25) is 0 Å². The maximum absolute atomic E-state index is 12.6. The van der Waals surface area contributed by atoms with Crippen molar-refractivity contribution in [2.45, 2.75) is 13.0 Å². The number of hydrogen-bond acceptors (Lipinski definition) is 5. The van der Waals surface area contributed by atoms with Crippen molar-refractivity contribution < 1.29 is 14.5 Å². The third kappa shape index (κ3) is 4.00. The highest BCUT2D eigenvalue weighted by Gasteiger charge is 2.23. The summed E-state index contributed by atoms with van der Waals surface area (Å²) in [7, 11) is 0. The minimum absolute atomic E-state index is 0.101. The summed E-state index contributed by atoms with van der Waals surface area (Å²) < 4.78 is 5.24. The standard InChI is InChI=1S/C19H21N3O4/c1-14(15-5-3-2-4-6-15)20-17-8-7-16(13-18(17)22(24)25)19(23)21-9-11-26-12-10-21/h2-8,13-14,20H,9-12H2,1H3/t14-/m1/s1. The molecule has 26 heavy (non-hydrogen) atoms. The van der Waals surface area contributed by atoms with Gasteiger partial charge in [-0.05, 0) is 24.6 Å². The molecule has 1 heterocycles. The summed E-state index contributed by atoms with van der Waals surface area (Å²) >= 11 is 0. The Labute approximate surface area is 151 Å². The summed E-state index contributed by atoms with van der Waals surface area (Å²) in [4.78, 5) is 25.3. The van der Waals surface area contributed by atoms with Gasteiger partial charge < -0.3 is 15.0 Å². The van der Waals surface area contributed by atoms with Crippen LogP contribution in [-0.2, 0) is 4.74 Å². The highest BCUT2D eigenvalue weighted by molar-refractivity contribution is 5.95. The minimum Gasteiger partial charge on any atom is -0.378 e. The van der Waals surface area contributed by atoms with Crippen molar-refractivity contribution in [3.63, 3.8) is 0 Å². The summed E-state index contributed by atoms with van der Waals surface area (Å²) in [6, 6.07) is 14.2. The Bertz CT molecular complexity index is 789. The number of nitrogens with one attached hydrogen (secondary N) is 1. The topological polar surface area (TPSA) is 84.7 Å². The van der Waals surface area contributed by atoms with Gasteiger partial charge in [-0.15, -0.1) is 0 Å². The molecule has 1 fully saturated rings. The number of carbonyl (C=O) groups excluding carboxylic acids is 1. The first-order valence-electron chi connectivity index (χ1n) is 8.53. The van der Waals surface area contributed by atoms with Crippen LogP contribution < -0.4 is 5.32 Å². The van der Waals surface area contributed by atoms with Gasteiger partial charge in [0.15, 0.2) is 0 Å². The van der Waals surface area contributed by atoms with Crippen LogP contribution in [0.15, 0.2) is 48.5 Å². The van der Waals surface area contributed by atoms with Crippen molar-refractivity contribution in [3.05, 3.63) is 69.8 Å². The van der Waals surface area contributed by atoms with E-state index in [9.17, 15) is 14.9 Å². The predicted molar refractivity (Wildman–Crippen MR) is 98.3 cm³/mol. The number of nitro benzene ring substituents is 1. The van der Waals surface area contributed by atoms with Gasteiger partial charge in [-0.2, -0.15) is 0 Å². The molecule has 1 saturated heterocycles. The molecule has 0 radical (unpaired) electrons. The second-order valence-electron chi connectivity index (χ2n) is 6.17. The Morgan fingerprint density at radius 3 is 2.54 bits per heavy atom. The molecular weight excluding hydrogens is 334 g/mol. The van der Waals surface area contributed by atoms with Crippen LogP contribution in [0.1, 0.15) is 28.9 Å². The molecule has 136 valence electrons. The number of morpholine rings is 1. The van der Waals surface area contributed by atoms with Gasteiger partial charge in [-0.1, -0.05) is 30.3 Å². The zero-order valence-electron chi connectivity index (χ0n) is 14.6. The number of ether oxygens (including phenoxy) is 1. The Kier molecular flexibility index (Phi) is 5.48. The summed E-state index contributed by atoms with van der Waals surface area (Å²) in [5.41, 5.74) is 1.63. The fourth-order valence-electron chi connectivity index (χ4n) is 2.95. The molecule has 2 aromatic rings. The lowest BCUT2D eigenvalue weighted by atomic mass is 10.1. The lowest BCUT2D eigenvalue weighted by Crippen LogP contribution is -2.40. The van der Waals surface area contributed by atoms with Crippen LogP contribution in [0.5, 0.6) is 0 Å². The smallest absolute Gasteiger partial charge is 0.293 e. The van der Waals surface area contributed by atoms with Crippen LogP contribution in [0.3, 0.4) is 0 Å². The van der Waals surface area contributed by atoms with Gasteiger partial charge in [0.25, 0.3) is 11.6 Å². The summed E-state index contributed by atoms with van der Waals surface area (Å²) in [6.07, 6.45) is 0. The van der Waals surface area contributed by atoms with Crippen molar-refractivity contribution in [1.29, 1.82) is 0 Å². The monoisotopic (exact) mass is 355 g/mol. The van der Waals surface area contributed by atoms with Gasteiger partial charge >= 0.3 is 0 Å². The number of anilines is 1. The van der Waals surface area contributed by atoms with Crippen molar-refractivity contribution in [2.75, 3.05) is 31.6 Å². The Balaban J connectivity index is 1.82. The molecule has 0 spiro atoms. The fraction of sp³-hybridized carbons (Fsp3) is 0.316. The molecule has 0 unspecified atom stereocenters. The molecule has 2 aromatic carbocycles. The van der Waals surface area contributed by atoms with Crippen LogP contribution in [0.25, 0.3) is 0 Å². The molecule has 0 bridgehead atoms. The van der Waals surface area contributed by atoms with Crippen LogP contribution in [0.4, 0.5) is 11.4 Å². The minimum atomic E-state index is -0.462. The van der Waals surface area contributed by atoms with Gasteiger partial charge in [-0.3, -0.25) is 14.9 Å². The molecule has 0 aliphatic carbocycles. The second-order valence-corrected chi connectivity index (χ2v) is 6.17. The first kappa shape index (κ1) is 17.9. The lowest BCUT2D eigenvalue weighted by molar-refractivity contribution is -0.384. The fourth-order valence-corrected chi connectivity index (χ4v) is 2.95. The number of benzene rings is 2. The maximum Gasteiger partial charge on any atom is 0.293 e. The highest BCUT2D eigenvalue weighted by atomic mass is 16.6. The molecule has 1 atom stereocenters. The van der Waals surface area contributed by atoms with Crippen molar-refractivity contribution in [3.8, 4) is 0 Å². The van der Waals surface area contributed by atoms with E-state index in [0.29, 0.717) is 37.6 Å². The number of nitrogens with zero attached hydrogens (tertiary/aromatic N) is 2. The molecule has 3 rings (SSSR count). The van der Waals surface area contributed by atoms with Gasteiger partial charge in [0.05, 0.1) is 18.1 Å². The first-order chi connectivity index (χ1) is 12.6. The molecule has 1 amide bonds. The second kappa shape index (κ2) is 7.97. The average molecular weight is 355 g/mol. The zero-order chi connectivity index (χ0) is 18.5. The number of amides is 1. The predicted octanol–water partition coefficient (Wildman–Crippen LogP) is 3.24. The SMILES string of the molecule is C[C@@H](Nc1ccc(C(=O)N2CCOCC2)cc1[N+](=O)[O-])c1ccccc1. The molecule has 1 aliphatic rings. The highest BCUT2D eigenvalue weighted by Crippen LogP contribution is 2.29. The molecular formula is C19H21N3O4. The van der Waals surface area contributed by atoms with E-state index in [1.807, 2.05) is 37.3 Å². The van der Waals surface area contributed by atoms with Crippen molar-refractivity contribution >= 4 is 17.3 Å². The zero-order valence-corrected chi connectivity index (χ0v) is 14.6. The Hall–Kier alpha value is -2.93. The first-order valence-corrected chi connectivity index (χ1v) is 8.53. The van der Waals surface area contributed by atoms with Gasteiger partial charge in [0.1, 0.15) is 5.69 Å². The van der Waals surface area contributed by atoms with E-state index in [4.69, 9.17) is 4.74 Å². The summed E-state index contributed by atoms with van der Waals surface area (Å²) in [6.45, 7) is 3.91. The normalized spacial score (nSPS) is 15.3. The van der Waals surface area contributed by atoms with Crippen molar-refractivity contribution in [2.24, 2.45) is 0 Å². The third-order valence-corrected chi connectivity index (χ3v) is 4.41. The van der Waals surface area contributed by atoms with Gasteiger partial charge in [0, 0.05) is 30.8 Å².